The molecule has 2 aromatic carbocycles. The smallest absolute Gasteiger partial charge is 0.320 e. The van der Waals surface area contributed by atoms with Crippen molar-refractivity contribution >= 4 is 23.4 Å². The van der Waals surface area contributed by atoms with Crippen molar-refractivity contribution in [1.82, 2.24) is 29.7 Å². The molecule has 0 saturated carbocycles. The van der Waals surface area contributed by atoms with Gasteiger partial charge in [0.05, 0.1) is 23.6 Å². The van der Waals surface area contributed by atoms with Crippen LogP contribution in [0.15, 0.2) is 72.9 Å². The number of fused-ring (bicyclic) bond motifs is 2. The minimum Gasteiger partial charge on any atom is -0.484 e. The molecule has 1 saturated heterocycles. The van der Waals surface area contributed by atoms with Crippen LogP contribution in [0.2, 0.25) is 0 Å². The number of rotatable bonds is 6. The summed E-state index contributed by atoms with van der Waals surface area (Å²) < 4.78 is 10.5. The normalized spacial score (nSPS) is 18.3. The zero-order valence-corrected chi connectivity index (χ0v) is 27.0. The Balaban J connectivity index is 1.09. The van der Waals surface area contributed by atoms with Crippen molar-refractivity contribution in [2.75, 3.05) is 23.3 Å². The molecule has 0 radical (unpaired) electrons. The third-order valence-electron chi connectivity index (χ3n) is 9.01. The largest absolute Gasteiger partial charge is 0.484 e. The number of anilines is 2. The number of piperidine rings is 1. The van der Waals surface area contributed by atoms with Gasteiger partial charge in [-0.15, -0.1) is 10.2 Å². The molecule has 3 aromatic heterocycles. The number of urea groups is 1. The number of aromatic nitrogens is 5. The Bertz CT molecular complexity index is 1850. The third-order valence-corrected chi connectivity index (χ3v) is 9.01. The van der Waals surface area contributed by atoms with E-state index in [4.69, 9.17) is 9.84 Å². The van der Waals surface area contributed by atoms with Gasteiger partial charge in [0.25, 0.3) is 0 Å². The molecule has 0 bridgehead atoms. The van der Waals surface area contributed by atoms with Gasteiger partial charge in [-0.1, -0.05) is 62.7 Å². The summed E-state index contributed by atoms with van der Waals surface area (Å²) in [5.41, 5.74) is 5.75. The SMILES string of the molecule is Cc1ccc(-n2nc(C(C)(C)C)cc2NC(=O)N[C@H]2CC[C@@H](Oc3ccc4nnc(N5CCCCC5)n4c3)c3ccccc32)cc1. The van der Waals surface area contributed by atoms with Crippen LogP contribution in [0.25, 0.3) is 11.3 Å². The van der Waals surface area contributed by atoms with Crippen LogP contribution >= 0.6 is 0 Å². The molecule has 5 aromatic rings. The Labute approximate surface area is 269 Å². The average Bonchev–Trinajstić information content (AvgIpc) is 3.68. The molecule has 10 heteroatoms. The third kappa shape index (κ3) is 6.03. The van der Waals surface area contributed by atoms with Gasteiger partial charge in [0, 0.05) is 24.6 Å². The number of carbonyl (C=O) groups is 1. The lowest BCUT2D eigenvalue weighted by Gasteiger charge is -2.32. The molecule has 2 N–H and O–H groups in total. The summed E-state index contributed by atoms with van der Waals surface area (Å²) in [6.07, 6.45) is 6.97. The first-order chi connectivity index (χ1) is 22.2. The first-order valence-corrected chi connectivity index (χ1v) is 16.3. The molecule has 2 aliphatic rings. The molecule has 2 atom stereocenters. The summed E-state index contributed by atoms with van der Waals surface area (Å²) in [7, 11) is 0. The minimum absolute atomic E-state index is 0.137. The minimum atomic E-state index is -0.267. The van der Waals surface area contributed by atoms with Gasteiger partial charge in [-0.2, -0.15) is 5.10 Å². The van der Waals surface area contributed by atoms with Crippen molar-refractivity contribution in [3.05, 3.63) is 95.3 Å². The number of benzene rings is 2. The highest BCUT2D eigenvalue weighted by Crippen LogP contribution is 2.39. The van der Waals surface area contributed by atoms with Gasteiger partial charge in [0.2, 0.25) is 5.95 Å². The predicted molar refractivity (Wildman–Crippen MR) is 180 cm³/mol. The molecule has 4 heterocycles. The van der Waals surface area contributed by atoms with Gasteiger partial charge in [0.15, 0.2) is 5.65 Å². The van der Waals surface area contributed by atoms with Crippen molar-refractivity contribution in [1.29, 1.82) is 0 Å². The summed E-state index contributed by atoms with van der Waals surface area (Å²) in [6.45, 7) is 10.4. The highest BCUT2D eigenvalue weighted by Gasteiger charge is 2.30. The van der Waals surface area contributed by atoms with Gasteiger partial charge < -0.3 is 15.0 Å². The molecule has 46 heavy (non-hydrogen) atoms. The highest BCUT2D eigenvalue weighted by molar-refractivity contribution is 5.89. The van der Waals surface area contributed by atoms with Gasteiger partial charge in [-0.05, 0) is 74.4 Å². The van der Waals surface area contributed by atoms with Crippen molar-refractivity contribution in [2.45, 2.75) is 77.4 Å². The number of nitrogens with one attached hydrogen (secondary N) is 2. The molecule has 10 nitrogen and oxygen atoms in total. The van der Waals surface area contributed by atoms with Crippen LogP contribution in [0.4, 0.5) is 16.6 Å². The fourth-order valence-corrected chi connectivity index (χ4v) is 6.46. The Hall–Kier alpha value is -4.86. The van der Waals surface area contributed by atoms with Crippen LogP contribution in [0.5, 0.6) is 5.75 Å². The number of pyridine rings is 1. The van der Waals surface area contributed by atoms with Gasteiger partial charge in [0.1, 0.15) is 17.7 Å². The van der Waals surface area contributed by atoms with E-state index in [-0.39, 0.29) is 23.6 Å². The first-order valence-electron chi connectivity index (χ1n) is 16.3. The van der Waals surface area contributed by atoms with E-state index in [1.54, 1.807) is 0 Å². The van der Waals surface area contributed by atoms with Crippen LogP contribution in [0.3, 0.4) is 0 Å². The molecule has 0 spiro atoms. The number of carbonyl (C=O) groups excluding carboxylic acids is 1. The summed E-state index contributed by atoms with van der Waals surface area (Å²) in [6, 6.07) is 21.8. The van der Waals surface area contributed by atoms with Crippen molar-refractivity contribution < 1.29 is 9.53 Å². The summed E-state index contributed by atoms with van der Waals surface area (Å²) in [5, 5.41) is 20.1. The zero-order chi connectivity index (χ0) is 31.8. The van der Waals surface area contributed by atoms with Crippen molar-refractivity contribution in [3.63, 3.8) is 0 Å². The highest BCUT2D eigenvalue weighted by atomic mass is 16.5. The van der Waals surface area contributed by atoms with Crippen LogP contribution in [0.1, 0.15) is 87.4 Å². The fraction of sp³-hybridized carbons (Fsp3) is 0.389. The molecule has 2 amide bonds. The maximum absolute atomic E-state index is 13.5. The molecule has 0 unspecified atom stereocenters. The Morgan fingerprint density at radius 3 is 2.43 bits per heavy atom. The zero-order valence-electron chi connectivity index (χ0n) is 27.0. The number of ether oxygens (including phenoxy) is 1. The molecule has 7 rings (SSSR count). The first kappa shape index (κ1) is 29.8. The molecule has 238 valence electrons. The van der Waals surface area contributed by atoms with Crippen LogP contribution < -0.4 is 20.3 Å². The summed E-state index contributed by atoms with van der Waals surface area (Å²) in [5.74, 6) is 2.27. The maximum Gasteiger partial charge on any atom is 0.320 e. The van der Waals surface area contributed by atoms with E-state index in [1.165, 1.54) is 24.8 Å². The second kappa shape index (κ2) is 12.2. The molecule has 1 aliphatic carbocycles. The van der Waals surface area contributed by atoms with E-state index in [0.717, 1.165) is 65.8 Å². The molecule has 1 fully saturated rings. The van der Waals surface area contributed by atoms with E-state index in [0.29, 0.717) is 5.82 Å². The predicted octanol–water partition coefficient (Wildman–Crippen LogP) is 7.29. The van der Waals surface area contributed by atoms with E-state index in [2.05, 4.69) is 65.6 Å². The van der Waals surface area contributed by atoms with E-state index >= 15 is 0 Å². The van der Waals surface area contributed by atoms with Gasteiger partial charge in [-0.25, -0.2) is 9.48 Å². The van der Waals surface area contributed by atoms with E-state index in [9.17, 15) is 4.79 Å². The average molecular weight is 619 g/mol. The van der Waals surface area contributed by atoms with Crippen LogP contribution in [0, 0.1) is 6.92 Å². The molecular formula is C36H42N8O2. The summed E-state index contributed by atoms with van der Waals surface area (Å²) >= 11 is 0. The lowest BCUT2D eigenvalue weighted by molar-refractivity contribution is 0.171. The van der Waals surface area contributed by atoms with Gasteiger partial charge in [-0.3, -0.25) is 9.72 Å². The van der Waals surface area contributed by atoms with E-state index < -0.39 is 0 Å². The number of nitrogens with zero attached hydrogens (tertiary/aromatic N) is 6. The van der Waals surface area contributed by atoms with Crippen molar-refractivity contribution in [3.8, 4) is 11.4 Å². The Morgan fingerprint density at radius 1 is 0.913 bits per heavy atom. The van der Waals surface area contributed by atoms with Crippen molar-refractivity contribution in [2.24, 2.45) is 0 Å². The number of hydrogen-bond donors (Lipinski definition) is 2. The monoisotopic (exact) mass is 618 g/mol. The van der Waals surface area contributed by atoms with Crippen LogP contribution in [-0.4, -0.2) is 43.5 Å². The second-order valence-corrected chi connectivity index (χ2v) is 13.5. The van der Waals surface area contributed by atoms with Gasteiger partial charge >= 0.3 is 6.03 Å². The lowest BCUT2D eigenvalue weighted by Crippen LogP contribution is -2.36. The lowest BCUT2D eigenvalue weighted by atomic mass is 9.85. The van der Waals surface area contributed by atoms with E-state index in [1.807, 2.05) is 69.9 Å². The second-order valence-electron chi connectivity index (χ2n) is 13.5. The van der Waals surface area contributed by atoms with Crippen LogP contribution in [-0.2, 0) is 5.41 Å². The number of amides is 2. The topological polar surface area (TPSA) is 102 Å². The Kier molecular flexibility index (Phi) is 7.88. The standard InChI is InChI=1S/C36H42N8O2/c1-24-12-14-25(15-13-24)44-33(22-31(41-44)36(2,3)4)38-34(45)37-29-17-18-30(28-11-7-6-10-27(28)29)46-26-16-19-32-39-40-35(43(32)23-26)42-20-8-5-9-21-42/h6-7,10-16,19,22-23,29-30H,5,8-9,17-18,20-21H2,1-4H3,(H2,37,38,45)/t29-,30+/m0/s1. The Morgan fingerprint density at radius 2 is 1.67 bits per heavy atom. The summed E-state index contributed by atoms with van der Waals surface area (Å²) in [4.78, 5) is 15.8. The quantitative estimate of drug-likeness (QED) is 0.207. The molecule has 1 aliphatic heterocycles. The fourth-order valence-electron chi connectivity index (χ4n) is 6.46. The number of hydrogen-bond acceptors (Lipinski definition) is 6. The molecular weight excluding hydrogens is 576 g/mol. The maximum atomic E-state index is 13.5. The number of aryl methyl sites for hydroxylation is 1.